The molecule has 0 amide bonds. The Morgan fingerprint density at radius 3 is 2.69 bits per heavy atom. The quantitative estimate of drug-likeness (QED) is 0.750. The zero-order valence-corrected chi connectivity index (χ0v) is 15.4. The van der Waals surface area contributed by atoms with Crippen molar-refractivity contribution in [1.29, 1.82) is 0 Å². The van der Waals surface area contributed by atoms with Crippen molar-refractivity contribution in [3.63, 3.8) is 0 Å². The molecule has 0 bridgehead atoms. The Labute approximate surface area is 153 Å². The van der Waals surface area contributed by atoms with Gasteiger partial charge in [0, 0.05) is 24.0 Å². The second kappa shape index (κ2) is 7.03. The fourth-order valence-electron chi connectivity index (χ4n) is 3.59. The predicted octanol–water partition coefficient (Wildman–Crippen LogP) is 3.93. The van der Waals surface area contributed by atoms with Gasteiger partial charge in [-0.3, -0.25) is 0 Å². The third kappa shape index (κ3) is 3.29. The van der Waals surface area contributed by atoms with Crippen LogP contribution in [0.2, 0.25) is 0 Å². The number of nitrogens with zero attached hydrogens (tertiary/aromatic N) is 4. The van der Waals surface area contributed by atoms with E-state index in [0.29, 0.717) is 5.92 Å². The largest absolute Gasteiger partial charge is 0.444 e. The van der Waals surface area contributed by atoms with Crippen LogP contribution in [0.5, 0.6) is 0 Å². The van der Waals surface area contributed by atoms with E-state index >= 15 is 0 Å². The third-order valence-corrected chi connectivity index (χ3v) is 4.87. The Hall–Kier alpha value is -2.47. The number of anilines is 1. The molecule has 1 fully saturated rings. The van der Waals surface area contributed by atoms with E-state index < -0.39 is 0 Å². The highest BCUT2D eigenvalue weighted by molar-refractivity contribution is 5.92. The maximum Gasteiger partial charge on any atom is 0.181 e. The van der Waals surface area contributed by atoms with Crippen LogP contribution in [0.1, 0.15) is 45.0 Å². The third-order valence-electron chi connectivity index (χ3n) is 4.87. The van der Waals surface area contributed by atoms with E-state index in [1.165, 1.54) is 19.2 Å². The smallest absolute Gasteiger partial charge is 0.181 e. The SMILES string of the molecule is CC(C)CC(N)c1nc(N2CCCC2)c2cc(-c3cnco3)ccc2n1. The van der Waals surface area contributed by atoms with Gasteiger partial charge in [0.25, 0.3) is 0 Å². The summed E-state index contributed by atoms with van der Waals surface area (Å²) in [7, 11) is 0. The number of fused-ring (bicyclic) bond motifs is 1. The summed E-state index contributed by atoms with van der Waals surface area (Å²) in [5.74, 6) is 2.98. The van der Waals surface area contributed by atoms with Gasteiger partial charge in [0.1, 0.15) is 11.6 Å². The number of rotatable bonds is 5. The van der Waals surface area contributed by atoms with E-state index in [1.54, 1.807) is 6.20 Å². The first kappa shape index (κ1) is 17.0. The van der Waals surface area contributed by atoms with Crippen molar-refractivity contribution in [2.45, 2.75) is 39.2 Å². The fourth-order valence-corrected chi connectivity index (χ4v) is 3.59. The van der Waals surface area contributed by atoms with E-state index in [9.17, 15) is 0 Å². The first-order valence-corrected chi connectivity index (χ1v) is 9.33. The zero-order chi connectivity index (χ0) is 18.1. The van der Waals surface area contributed by atoms with Crippen LogP contribution in [-0.4, -0.2) is 28.0 Å². The van der Waals surface area contributed by atoms with Crippen LogP contribution in [-0.2, 0) is 0 Å². The summed E-state index contributed by atoms with van der Waals surface area (Å²) in [5, 5.41) is 1.04. The molecule has 0 radical (unpaired) electrons. The summed E-state index contributed by atoms with van der Waals surface area (Å²) in [5.41, 5.74) is 8.31. The summed E-state index contributed by atoms with van der Waals surface area (Å²) >= 11 is 0. The second-order valence-electron chi connectivity index (χ2n) is 7.43. The van der Waals surface area contributed by atoms with Crippen molar-refractivity contribution in [2.24, 2.45) is 11.7 Å². The molecule has 4 rings (SSSR count). The number of hydrogen-bond donors (Lipinski definition) is 1. The normalized spacial score (nSPS) is 15.9. The highest BCUT2D eigenvalue weighted by Gasteiger charge is 2.21. The van der Waals surface area contributed by atoms with Gasteiger partial charge in [-0.1, -0.05) is 13.8 Å². The molecule has 3 aromatic rings. The molecule has 1 unspecified atom stereocenters. The van der Waals surface area contributed by atoms with Crippen molar-refractivity contribution in [1.82, 2.24) is 15.0 Å². The average molecular weight is 351 g/mol. The minimum atomic E-state index is -0.144. The minimum Gasteiger partial charge on any atom is -0.444 e. The molecule has 0 saturated carbocycles. The molecule has 0 spiro atoms. The summed E-state index contributed by atoms with van der Waals surface area (Å²) < 4.78 is 5.45. The van der Waals surface area contributed by atoms with Crippen LogP contribution in [0.15, 0.2) is 35.2 Å². The highest BCUT2D eigenvalue weighted by Crippen LogP contribution is 2.32. The van der Waals surface area contributed by atoms with Gasteiger partial charge in [0.05, 0.1) is 17.8 Å². The average Bonchev–Trinajstić information content (AvgIpc) is 3.33. The van der Waals surface area contributed by atoms with E-state index in [1.807, 2.05) is 12.1 Å². The molecule has 136 valence electrons. The zero-order valence-electron chi connectivity index (χ0n) is 15.4. The van der Waals surface area contributed by atoms with Crippen molar-refractivity contribution in [2.75, 3.05) is 18.0 Å². The van der Waals surface area contributed by atoms with E-state index in [4.69, 9.17) is 20.1 Å². The maximum atomic E-state index is 6.39. The molecule has 26 heavy (non-hydrogen) atoms. The molecule has 6 heteroatoms. The summed E-state index contributed by atoms with van der Waals surface area (Å²) in [6.45, 7) is 6.40. The monoisotopic (exact) mass is 351 g/mol. The van der Waals surface area contributed by atoms with Gasteiger partial charge >= 0.3 is 0 Å². The molecular formula is C20H25N5O. The molecule has 3 heterocycles. The summed E-state index contributed by atoms with van der Waals surface area (Å²) in [6, 6.07) is 6.00. The Morgan fingerprint density at radius 2 is 2.00 bits per heavy atom. The molecular weight excluding hydrogens is 326 g/mol. The molecule has 1 atom stereocenters. The molecule has 2 aromatic heterocycles. The number of hydrogen-bond acceptors (Lipinski definition) is 6. The number of aromatic nitrogens is 3. The van der Waals surface area contributed by atoms with Crippen LogP contribution >= 0.6 is 0 Å². The van der Waals surface area contributed by atoms with Crippen molar-refractivity contribution in [3.8, 4) is 11.3 Å². The maximum absolute atomic E-state index is 6.39. The van der Waals surface area contributed by atoms with Crippen LogP contribution in [0.3, 0.4) is 0 Å². The van der Waals surface area contributed by atoms with Gasteiger partial charge in [-0.15, -0.1) is 0 Å². The first-order valence-electron chi connectivity index (χ1n) is 9.33. The molecule has 2 N–H and O–H groups in total. The summed E-state index contributed by atoms with van der Waals surface area (Å²) in [6.07, 6.45) is 6.44. The van der Waals surface area contributed by atoms with Gasteiger partial charge in [-0.2, -0.15) is 0 Å². The van der Waals surface area contributed by atoms with Gasteiger partial charge in [-0.25, -0.2) is 15.0 Å². The molecule has 1 aliphatic rings. The standard InChI is InChI=1S/C20H25N5O/c1-13(2)9-16(21)19-23-17-6-5-14(18-11-22-12-26-18)10-15(17)20(24-19)25-7-3-4-8-25/h5-6,10-13,16H,3-4,7-9,21H2,1-2H3. The van der Waals surface area contributed by atoms with Gasteiger partial charge in [0.2, 0.25) is 0 Å². The van der Waals surface area contributed by atoms with Crippen molar-refractivity contribution < 1.29 is 4.42 Å². The topological polar surface area (TPSA) is 81.1 Å². The van der Waals surface area contributed by atoms with E-state index in [-0.39, 0.29) is 6.04 Å². The lowest BCUT2D eigenvalue weighted by atomic mass is 10.0. The molecule has 1 aromatic carbocycles. The van der Waals surface area contributed by atoms with Crippen LogP contribution < -0.4 is 10.6 Å². The molecule has 0 aliphatic carbocycles. The second-order valence-corrected chi connectivity index (χ2v) is 7.43. The van der Waals surface area contributed by atoms with E-state index in [2.05, 4.69) is 29.8 Å². The Morgan fingerprint density at radius 1 is 1.19 bits per heavy atom. The fraction of sp³-hybridized carbons (Fsp3) is 0.450. The van der Waals surface area contributed by atoms with Crippen LogP contribution in [0.4, 0.5) is 5.82 Å². The first-order chi connectivity index (χ1) is 12.6. The Balaban J connectivity index is 1.83. The van der Waals surface area contributed by atoms with E-state index in [0.717, 1.165) is 53.4 Å². The lowest BCUT2D eigenvalue weighted by Crippen LogP contribution is -2.23. The molecule has 1 saturated heterocycles. The summed E-state index contributed by atoms with van der Waals surface area (Å²) in [4.78, 5) is 16.0. The minimum absolute atomic E-state index is 0.144. The number of benzene rings is 1. The Bertz CT molecular complexity index is 885. The van der Waals surface area contributed by atoms with Gasteiger partial charge in [0.15, 0.2) is 12.2 Å². The van der Waals surface area contributed by atoms with Crippen molar-refractivity contribution in [3.05, 3.63) is 36.6 Å². The Kier molecular flexibility index (Phi) is 4.59. The van der Waals surface area contributed by atoms with Gasteiger partial charge in [-0.05, 0) is 43.4 Å². The number of oxazole rings is 1. The highest BCUT2D eigenvalue weighted by atomic mass is 16.3. The predicted molar refractivity (Wildman–Crippen MR) is 103 cm³/mol. The number of nitrogens with two attached hydrogens (primary N) is 1. The van der Waals surface area contributed by atoms with Crippen LogP contribution in [0, 0.1) is 5.92 Å². The van der Waals surface area contributed by atoms with Gasteiger partial charge < -0.3 is 15.1 Å². The molecule has 6 nitrogen and oxygen atoms in total. The lowest BCUT2D eigenvalue weighted by molar-refractivity contribution is 0.494. The van der Waals surface area contributed by atoms with Crippen LogP contribution in [0.25, 0.3) is 22.2 Å². The van der Waals surface area contributed by atoms with Crippen molar-refractivity contribution >= 4 is 16.7 Å². The molecule has 1 aliphatic heterocycles. The lowest BCUT2D eigenvalue weighted by Gasteiger charge is -2.21.